The fraction of sp³-hybridized carbons (Fsp3) is 0.417. The molecule has 0 saturated carbocycles. The van der Waals surface area contributed by atoms with E-state index in [4.69, 9.17) is 11.6 Å². The Balaban J connectivity index is 2.48. The summed E-state index contributed by atoms with van der Waals surface area (Å²) in [6.45, 7) is 0. The molecule has 0 unspecified atom stereocenters. The van der Waals surface area contributed by atoms with Crippen LogP contribution in [-0.4, -0.2) is 31.0 Å². The van der Waals surface area contributed by atoms with Crippen LogP contribution in [0.4, 0.5) is 0 Å². The molecule has 0 aromatic heterocycles. The number of benzene rings is 1. The average molecular weight is 289 g/mol. The zero-order valence-corrected chi connectivity index (χ0v) is 11.2. The lowest BCUT2D eigenvalue weighted by Gasteiger charge is -2.34. The molecule has 0 radical (unpaired) electrons. The minimum Gasteiger partial charge on any atom is -0.481 e. The number of rotatable bonds is 2. The highest BCUT2D eigenvalue weighted by Gasteiger charge is 2.46. The molecule has 1 aromatic carbocycles. The number of carbonyl (C=O) groups is 1. The zero-order chi connectivity index (χ0) is 13.4. The molecule has 0 atom stereocenters. The van der Waals surface area contributed by atoms with Gasteiger partial charge in [-0.05, 0) is 24.5 Å². The van der Waals surface area contributed by atoms with E-state index in [-0.39, 0.29) is 24.3 Å². The number of hydrogen-bond acceptors (Lipinski definition) is 3. The van der Waals surface area contributed by atoms with Gasteiger partial charge in [-0.3, -0.25) is 4.79 Å². The topological polar surface area (TPSA) is 71.4 Å². The minimum atomic E-state index is -3.11. The average Bonchev–Trinajstić information content (AvgIpc) is 2.30. The van der Waals surface area contributed by atoms with Crippen molar-refractivity contribution in [3.8, 4) is 0 Å². The van der Waals surface area contributed by atoms with Crippen LogP contribution in [0.5, 0.6) is 0 Å². The van der Waals surface area contributed by atoms with E-state index in [0.29, 0.717) is 10.6 Å². The van der Waals surface area contributed by atoms with Gasteiger partial charge in [-0.25, -0.2) is 8.42 Å². The Morgan fingerprint density at radius 1 is 1.22 bits per heavy atom. The lowest BCUT2D eigenvalue weighted by atomic mass is 9.75. The van der Waals surface area contributed by atoms with Crippen molar-refractivity contribution in [1.29, 1.82) is 0 Å². The molecule has 18 heavy (non-hydrogen) atoms. The van der Waals surface area contributed by atoms with Gasteiger partial charge in [-0.2, -0.15) is 0 Å². The molecule has 0 bridgehead atoms. The van der Waals surface area contributed by atoms with Gasteiger partial charge >= 0.3 is 5.97 Å². The molecule has 6 heteroatoms. The third kappa shape index (κ3) is 2.24. The molecule has 1 fully saturated rings. The molecule has 98 valence electrons. The second-order valence-electron chi connectivity index (χ2n) is 4.52. The van der Waals surface area contributed by atoms with Gasteiger partial charge in [0.25, 0.3) is 0 Å². The predicted octanol–water partition coefficient (Wildman–Crippen LogP) is 1.87. The van der Waals surface area contributed by atoms with E-state index in [1.165, 1.54) is 0 Å². The van der Waals surface area contributed by atoms with E-state index in [0.717, 1.165) is 0 Å². The Hall–Kier alpha value is -1.07. The van der Waals surface area contributed by atoms with Crippen molar-refractivity contribution in [3.63, 3.8) is 0 Å². The summed E-state index contributed by atoms with van der Waals surface area (Å²) in [7, 11) is -3.11. The molecule has 0 spiro atoms. The highest BCUT2D eigenvalue weighted by atomic mass is 35.5. The van der Waals surface area contributed by atoms with Gasteiger partial charge in [-0.1, -0.05) is 29.8 Å². The van der Waals surface area contributed by atoms with Crippen LogP contribution in [0, 0.1) is 0 Å². The third-order valence-corrected chi connectivity index (χ3v) is 5.46. The molecule has 1 N–H and O–H groups in total. The van der Waals surface area contributed by atoms with Crippen LogP contribution in [0.3, 0.4) is 0 Å². The first-order chi connectivity index (χ1) is 8.37. The molecule has 1 saturated heterocycles. The number of aliphatic carboxylic acids is 1. The quantitative estimate of drug-likeness (QED) is 0.902. The fourth-order valence-corrected chi connectivity index (χ4v) is 4.17. The first kappa shape index (κ1) is 13.4. The molecule has 1 heterocycles. The molecule has 1 aliphatic heterocycles. The van der Waals surface area contributed by atoms with E-state index in [2.05, 4.69) is 0 Å². The second-order valence-corrected chi connectivity index (χ2v) is 7.23. The van der Waals surface area contributed by atoms with E-state index < -0.39 is 21.2 Å². The smallest absolute Gasteiger partial charge is 0.314 e. The number of halogens is 1. The first-order valence-electron chi connectivity index (χ1n) is 5.56. The molecule has 4 nitrogen and oxygen atoms in total. The maximum absolute atomic E-state index is 11.6. The summed E-state index contributed by atoms with van der Waals surface area (Å²) in [5.74, 6) is -1.22. The Morgan fingerprint density at radius 2 is 1.78 bits per heavy atom. The maximum atomic E-state index is 11.6. The summed E-state index contributed by atoms with van der Waals surface area (Å²) in [4.78, 5) is 11.6. The normalized spacial score (nSPS) is 21.4. The van der Waals surface area contributed by atoms with Gasteiger partial charge in [0.05, 0.1) is 16.9 Å². The van der Waals surface area contributed by atoms with E-state index in [1.54, 1.807) is 24.3 Å². The number of carboxylic acid groups (broad SMARTS) is 1. The van der Waals surface area contributed by atoms with E-state index in [9.17, 15) is 18.3 Å². The Labute approximate surface area is 110 Å². The number of carboxylic acids is 1. The number of sulfone groups is 1. The molecule has 1 aromatic rings. The van der Waals surface area contributed by atoms with Crippen molar-refractivity contribution in [2.24, 2.45) is 0 Å². The second kappa shape index (κ2) is 4.55. The van der Waals surface area contributed by atoms with Crippen LogP contribution >= 0.6 is 11.6 Å². The monoisotopic (exact) mass is 288 g/mol. The highest BCUT2D eigenvalue weighted by Crippen LogP contribution is 2.40. The maximum Gasteiger partial charge on any atom is 0.314 e. The lowest BCUT2D eigenvalue weighted by molar-refractivity contribution is -0.144. The zero-order valence-electron chi connectivity index (χ0n) is 9.60. The highest BCUT2D eigenvalue weighted by molar-refractivity contribution is 7.91. The van der Waals surface area contributed by atoms with Crippen molar-refractivity contribution in [3.05, 3.63) is 34.9 Å². The summed E-state index contributed by atoms with van der Waals surface area (Å²) in [5, 5.41) is 9.86. The first-order valence-corrected chi connectivity index (χ1v) is 7.76. The molecule has 0 aliphatic carbocycles. The summed E-state index contributed by atoms with van der Waals surface area (Å²) >= 11 is 6.05. The summed E-state index contributed by atoms with van der Waals surface area (Å²) in [6.07, 6.45) is 0.156. The van der Waals surface area contributed by atoms with Crippen molar-refractivity contribution in [1.82, 2.24) is 0 Å². The van der Waals surface area contributed by atoms with Crippen LogP contribution in [0.15, 0.2) is 24.3 Å². The van der Waals surface area contributed by atoms with Gasteiger partial charge in [0.2, 0.25) is 0 Å². The van der Waals surface area contributed by atoms with Crippen molar-refractivity contribution < 1.29 is 18.3 Å². The van der Waals surface area contributed by atoms with Gasteiger partial charge in [0.1, 0.15) is 9.84 Å². The van der Waals surface area contributed by atoms with E-state index >= 15 is 0 Å². The lowest BCUT2D eigenvalue weighted by Crippen LogP contribution is -2.43. The van der Waals surface area contributed by atoms with Gasteiger partial charge in [-0.15, -0.1) is 0 Å². The Morgan fingerprint density at radius 3 is 2.28 bits per heavy atom. The molecular weight excluding hydrogens is 276 g/mol. The molecule has 1 aliphatic rings. The summed E-state index contributed by atoms with van der Waals surface area (Å²) in [5.41, 5.74) is -0.669. The van der Waals surface area contributed by atoms with Crippen LogP contribution in [0.1, 0.15) is 18.4 Å². The molecule has 0 amide bonds. The van der Waals surface area contributed by atoms with Crippen LogP contribution < -0.4 is 0 Å². The summed E-state index contributed by atoms with van der Waals surface area (Å²) < 4.78 is 22.9. The van der Waals surface area contributed by atoms with Crippen molar-refractivity contribution >= 4 is 27.4 Å². The van der Waals surface area contributed by atoms with Crippen LogP contribution in [0.2, 0.25) is 5.02 Å². The molecular formula is C12H13ClO4S. The van der Waals surface area contributed by atoms with Gasteiger partial charge in [0, 0.05) is 5.02 Å². The fourth-order valence-electron chi connectivity index (χ4n) is 2.33. The largest absolute Gasteiger partial charge is 0.481 e. The van der Waals surface area contributed by atoms with Crippen LogP contribution in [0.25, 0.3) is 0 Å². The molecule has 2 rings (SSSR count). The predicted molar refractivity (Wildman–Crippen MR) is 68.7 cm³/mol. The van der Waals surface area contributed by atoms with Gasteiger partial charge < -0.3 is 5.11 Å². The SMILES string of the molecule is O=C(O)C1(c2ccccc2Cl)CCS(=O)(=O)CC1. The standard InChI is InChI=1S/C12H13ClO4S/c13-10-4-2-1-3-9(10)12(11(14)15)5-7-18(16,17)8-6-12/h1-4H,5-8H2,(H,14,15). The van der Waals surface area contributed by atoms with Crippen molar-refractivity contribution in [2.75, 3.05) is 11.5 Å². The van der Waals surface area contributed by atoms with Gasteiger partial charge in [0.15, 0.2) is 0 Å². The third-order valence-electron chi connectivity index (χ3n) is 3.48. The minimum absolute atomic E-state index is 0.0778. The van der Waals surface area contributed by atoms with Crippen molar-refractivity contribution in [2.45, 2.75) is 18.3 Å². The Bertz CT molecular complexity index is 565. The summed E-state index contributed by atoms with van der Waals surface area (Å²) in [6, 6.07) is 6.73. The Kier molecular flexibility index (Phi) is 3.38. The number of hydrogen-bond donors (Lipinski definition) is 1. The van der Waals surface area contributed by atoms with E-state index in [1.807, 2.05) is 0 Å². The van der Waals surface area contributed by atoms with Crippen LogP contribution in [-0.2, 0) is 20.0 Å².